The summed E-state index contributed by atoms with van der Waals surface area (Å²) in [6, 6.07) is 12.2. The van der Waals surface area contributed by atoms with Crippen LogP contribution in [0.25, 0.3) is 5.69 Å². The largest absolute Gasteiger partial charge is 0.368 e. The molecule has 1 saturated carbocycles. The summed E-state index contributed by atoms with van der Waals surface area (Å²) < 4.78 is 0. The molecule has 2 aliphatic rings. The molecule has 3 heterocycles. The normalized spacial score (nSPS) is 21.0. The monoisotopic (exact) mass is 455 g/mol. The molecule has 0 radical (unpaired) electrons. The van der Waals surface area contributed by atoms with Gasteiger partial charge in [0.2, 0.25) is 0 Å². The Kier molecular flexibility index (Phi) is 5.78. The van der Waals surface area contributed by atoms with E-state index in [9.17, 15) is 10.1 Å². The van der Waals surface area contributed by atoms with E-state index in [0.29, 0.717) is 30.3 Å². The highest BCUT2D eigenvalue weighted by Gasteiger charge is 2.45. The van der Waals surface area contributed by atoms with E-state index in [1.807, 2.05) is 48.4 Å². The number of carbonyl (C=O) groups excluding carboxylic acids is 1. The van der Waals surface area contributed by atoms with E-state index in [4.69, 9.17) is 0 Å². The number of anilines is 1. The number of benzene rings is 1. The summed E-state index contributed by atoms with van der Waals surface area (Å²) in [5.74, 6) is 1.12. The van der Waals surface area contributed by atoms with Gasteiger partial charge in [-0.3, -0.25) is 4.79 Å². The van der Waals surface area contributed by atoms with Gasteiger partial charge in [-0.2, -0.15) is 20.3 Å². The van der Waals surface area contributed by atoms with Crippen molar-refractivity contribution in [1.29, 1.82) is 5.26 Å². The second-order valence-electron chi connectivity index (χ2n) is 9.53. The molecule has 3 aromatic rings. The molecule has 8 nitrogen and oxygen atoms in total. The minimum atomic E-state index is -0.332. The Balaban J connectivity index is 1.35. The molecular formula is C26H29N7O. The Labute approximate surface area is 199 Å². The van der Waals surface area contributed by atoms with Crippen molar-refractivity contribution >= 4 is 11.7 Å². The van der Waals surface area contributed by atoms with E-state index in [1.165, 1.54) is 4.80 Å². The number of likely N-dealkylation sites (tertiary alicyclic amines) is 1. The lowest BCUT2D eigenvalue weighted by Gasteiger charge is -2.40. The van der Waals surface area contributed by atoms with Crippen molar-refractivity contribution in [2.24, 2.45) is 5.92 Å². The maximum absolute atomic E-state index is 13.8. The number of rotatable bonds is 6. The fourth-order valence-corrected chi connectivity index (χ4v) is 4.88. The van der Waals surface area contributed by atoms with Crippen LogP contribution in [0.3, 0.4) is 0 Å². The standard InChI is InChI=1S/C26H29N7O/c1-18-5-7-22(33-30-11-12-31-33)21(14-18)25(34)32-13-3-4-19(2)23(32)16-29-24-8-6-20(15-28-24)26(17-27)9-10-26/h5-8,11-12,14-15,19,23H,3-4,9-10,13,16H2,1-2H3,(H,28,29)/t19?,23-/m1/s1. The first-order valence-electron chi connectivity index (χ1n) is 11.9. The molecule has 0 spiro atoms. The smallest absolute Gasteiger partial charge is 0.256 e. The Bertz CT molecular complexity index is 1210. The van der Waals surface area contributed by atoms with Crippen LogP contribution >= 0.6 is 0 Å². The molecule has 1 aromatic carbocycles. The van der Waals surface area contributed by atoms with Crippen molar-refractivity contribution in [1.82, 2.24) is 24.9 Å². The van der Waals surface area contributed by atoms with Gasteiger partial charge in [0.1, 0.15) is 5.82 Å². The number of piperidine rings is 1. The summed E-state index contributed by atoms with van der Waals surface area (Å²) in [7, 11) is 0. The predicted octanol–water partition coefficient (Wildman–Crippen LogP) is 3.88. The predicted molar refractivity (Wildman–Crippen MR) is 129 cm³/mol. The van der Waals surface area contributed by atoms with Crippen molar-refractivity contribution in [3.63, 3.8) is 0 Å². The number of aryl methyl sites for hydroxylation is 1. The van der Waals surface area contributed by atoms with Gasteiger partial charge in [0.15, 0.2) is 0 Å². The van der Waals surface area contributed by atoms with Crippen molar-refractivity contribution in [3.05, 3.63) is 65.6 Å². The summed E-state index contributed by atoms with van der Waals surface area (Å²) in [6.45, 7) is 5.52. The van der Waals surface area contributed by atoms with Crippen molar-refractivity contribution in [3.8, 4) is 11.8 Å². The Morgan fingerprint density at radius 3 is 2.71 bits per heavy atom. The van der Waals surface area contributed by atoms with Crippen LogP contribution < -0.4 is 5.32 Å². The summed E-state index contributed by atoms with van der Waals surface area (Å²) in [4.78, 5) is 21.9. The molecule has 0 bridgehead atoms. The lowest BCUT2D eigenvalue weighted by atomic mass is 9.89. The van der Waals surface area contributed by atoms with Gasteiger partial charge in [0.05, 0.1) is 41.2 Å². The number of nitriles is 1. The van der Waals surface area contributed by atoms with E-state index >= 15 is 0 Å². The molecule has 8 heteroatoms. The number of carbonyl (C=O) groups is 1. The SMILES string of the molecule is Cc1ccc(-n2nccn2)c(C(=O)N2CCCC(C)[C@H]2CNc2ccc(C3(C#N)CC3)cn2)c1. The zero-order valence-corrected chi connectivity index (χ0v) is 19.6. The number of hydrogen-bond donors (Lipinski definition) is 1. The zero-order chi connectivity index (χ0) is 23.7. The number of pyridine rings is 1. The highest BCUT2D eigenvalue weighted by molar-refractivity contribution is 5.98. The summed E-state index contributed by atoms with van der Waals surface area (Å²) in [6.07, 6.45) is 8.91. The van der Waals surface area contributed by atoms with Gasteiger partial charge >= 0.3 is 0 Å². The first-order chi connectivity index (χ1) is 16.5. The van der Waals surface area contributed by atoms with Crippen LogP contribution in [0.4, 0.5) is 5.82 Å². The number of nitrogens with one attached hydrogen (secondary N) is 1. The fraction of sp³-hybridized carbons (Fsp3) is 0.423. The quantitative estimate of drug-likeness (QED) is 0.606. The molecule has 2 fully saturated rings. The van der Waals surface area contributed by atoms with Crippen LogP contribution in [0.2, 0.25) is 0 Å². The third kappa shape index (κ3) is 4.14. The van der Waals surface area contributed by atoms with Crippen LogP contribution in [-0.2, 0) is 5.41 Å². The van der Waals surface area contributed by atoms with Crippen LogP contribution in [-0.4, -0.2) is 49.9 Å². The molecule has 2 aromatic heterocycles. The van der Waals surface area contributed by atoms with Crippen LogP contribution in [0.5, 0.6) is 0 Å². The number of nitrogens with zero attached hydrogens (tertiary/aromatic N) is 6. The average Bonchev–Trinajstić information content (AvgIpc) is 3.47. The third-order valence-corrected chi connectivity index (χ3v) is 7.17. The molecule has 34 heavy (non-hydrogen) atoms. The molecule has 1 N–H and O–H groups in total. The highest BCUT2D eigenvalue weighted by atomic mass is 16.2. The van der Waals surface area contributed by atoms with Gasteiger partial charge < -0.3 is 10.2 Å². The maximum Gasteiger partial charge on any atom is 0.256 e. The molecule has 1 amide bonds. The molecule has 174 valence electrons. The van der Waals surface area contributed by atoms with E-state index in [1.54, 1.807) is 12.4 Å². The lowest BCUT2D eigenvalue weighted by molar-refractivity contribution is 0.0539. The lowest BCUT2D eigenvalue weighted by Crippen LogP contribution is -2.51. The zero-order valence-electron chi connectivity index (χ0n) is 19.6. The minimum Gasteiger partial charge on any atom is -0.368 e. The first kappa shape index (κ1) is 22.1. The van der Waals surface area contributed by atoms with Gasteiger partial charge in [-0.05, 0) is 62.3 Å². The van der Waals surface area contributed by atoms with Crippen molar-refractivity contribution in [2.75, 3.05) is 18.4 Å². The van der Waals surface area contributed by atoms with E-state index in [-0.39, 0.29) is 17.4 Å². The first-order valence-corrected chi connectivity index (χ1v) is 11.9. The Hall–Kier alpha value is -3.73. The molecule has 1 saturated heterocycles. The third-order valence-electron chi connectivity index (χ3n) is 7.17. The molecule has 1 aliphatic carbocycles. The van der Waals surface area contributed by atoms with Gasteiger partial charge in [0, 0.05) is 19.3 Å². The molecule has 5 rings (SSSR count). The van der Waals surface area contributed by atoms with Crippen LogP contribution in [0.1, 0.15) is 54.1 Å². The molecule has 1 unspecified atom stereocenters. The summed E-state index contributed by atoms with van der Waals surface area (Å²) in [5.41, 5.74) is 2.98. The van der Waals surface area contributed by atoms with Gasteiger partial charge in [-0.1, -0.05) is 24.6 Å². The van der Waals surface area contributed by atoms with Gasteiger partial charge in [-0.15, -0.1) is 0 Å². The van der Waals surface area contributed by atoms with E-state index in [2.05, 4.69) is 33.5 Å². The van der Waals surface area contributed by atoms with Gasteiger partial charge in [-0.25, -0.2) is 4.98 Å². The second kappa shape index (κ2) is 8.90. The maximum atomic E-state index is 13.8. The highest BCUT2D eigenvalue weighted by Crippen LogP contribution is 2.47. The molecular weight excluding hydrogens is 426 g/mol. The van der Waals surface area contributed by atoms with Crippen molar-refractivity contribution in [2.45, 2.75) is 51.0 Å². The van der Waals surface area contributed by atoms with Crippen molar-refractivity contribution < 1.29 is 4.79 Å². The van der Waals surface area contributed by atoms with Crippen LogP contribution in [0, 0.1) is 24.2 Å². The van der Waals surface area contributed by atoms with Gasteiger partial charge in [0.25, 0.3) is 5.91 Å². The molecule has 2 atom stereocenters. The topological polar surface area (TPSA) is 99.7 Å². The number of aromatic nitrogens is 4. The van der Waals surface area contributed by atoms with E-state index in [0.717, 1.165) is 42.6 Å². The number of amides is 1. The Morgan fingerprint density at radius 2 is 2.03 bits per heavy atom. The number of hydrogen-bond acceptors (Lipinski definition) is 6. The fourth-order valence-electron chi connectivity index (χ4n) is 4.88. The average molecular weight is 456 g/mol. The summed E-state index contributed by atoms with van der Waals surface area (Å²) in [5, 5.41) is 21.3. The Morgan fingerprint density at radius 1 is 1.24 bits per heavy atom. The minimum absolute atomic E-state index is 0.00218. The second-order valence-corrected chi connectivity index (χ2v) is 9.53. The summed E-state index contributed by atoms with van der Waals surface area (Å²) >= 11 is 0. The van der Waals surface area contributed by atoms with Crippen LogP contribution in [0.15, 0.2) is 48.9 Å². The van der Waals surface area contributed by atoms with E-state index < -0.39 is 0 Å². The molecule has 1 aliphatic heterocycles.